The summed E-state index contributed by atoms with van der Waals surface area (Å²) in [5.74, 6) is 0. The highest BCUT2D eigenvalue weighted by molar-refractivity contribution is 8.00. The van der Waals surface area contributed by atoms with Gasteiger partial charge in [0.2, 0.25) is 0 Å². The van der Waals surface area contributed by atoms with E-state index in [0.717, 1.165) is 17.1 Å². The number of benzene rings is 1. The van der Waals surface area contributed by atoms with Gasteiger partial charge in [0.15, 0.2) is 9.84 Å². The van der Waals surface area contributed by atoms with Gasteiger partial charge in [-0.15, -0.1) is 11.8 Å². The van der Waals surface area contributed by atoms with Gasteiger partial charge in [0.1, 0.15) is 0 Å². The van der Waals surface area contributed by atoms with Crippen LogP contribution in [0.3, 0.4) is 0 Å². The van der Waals surface area contributed by atoms with E-state index < -0.39 is 9.84 Å². The third-order valence-electron chi connectivity index (χ3n) is 2.29. The molecule has 1 aromatic rings. The molecular formula is C10H13NO2S2. The van der Waals surface area contributed by atoms with Crippen LogP contribution in [0.2, 0.25) is 0 Å². The highest BCUT2D eigenvalue weighted by Gasteiger charge is 2.17. The summed E-state index contributed by atoms with van der Waals surface area (Å²) in [6.07, 6.45) is 1.24. The summed E-state index contributed by atoms with van der Waals surface area (Å²) in [4.78, 5) is 1.42. The molecule has 0 aliphatic carbocycles. The summed E-state index contributed by atoms with van der Waals surface area (Å²) >= 11 is 1.72. The molecule has 2 rings (SSSR count). The monoisotopic (exact) mass is 243 g/mol. The molecule has 1 N–H and O–H groups in total. The van der Waals surface area contributed by atoms with Gasteiger partial charge in [-0.2, -0.15) is 0 Å². The fourth-order valence-corrected chi connectivity index (χ4v) is 3.27. The van der Waals surface area contributed by atoms with Crippen LogP contribution >= 0.6 is 11.8 Å². The Morgan fingerprint density at radius 3 is 2.87 bits per heavy atom. The van der Waals surface area contributed by atoms with E-state index in [-0.39, 0.29) is 0 Å². The summed E-state index contributed by atoms with van der Waals surface area (Å²) in [6, 6.07) is 5.24. The highest BCUT2D eigenvalue weighted by Crippen LogP contribution is 2.36. The molecule has 82 valence electrons. The number of nitrogens with one attached hydrogen (secondary N) is 1. The Kier molecular flexibility index (Phi) is 2.68. The van der Waals surface area contributed by atoms with Gasteiger partial charge in [-0.1, -0.05) is 6.92 Å². The molecule has 0 aromatic heterocycles. The van der Waals surface area contributed by atoms with Crippen molar-refractivity contribution in [2.24, 2.45) is 0 Å². The van der Waals surface area contributed by atoms with Crippen molar-refractivity contribution in [2.75, 3.05) is 18.1 Å². The lowest BCUT2D eigenvalue weighted by atomic mass is 10.3. The lowest BCUT2D eigenvalue weighted by Crippen LogP contribution is -2.18. The molecule has 1 aliphatic heterocycles. The molecule has 0 spiro atoms. The molecule has 0 saturated heterocycles. The van der Waals surface area contributed by atoms with Gasteiger partial charge < -0.3 is 5.32 Å². The quantitative estimate of drug-likeness (QED) is 0.819. The van der Waals surface area contributed by atoms with Crippen LogP contribution in [0.1, 0.15) is 6.92 Å². The van der Waals surface area contributed by atoms with Gasteiger partial charge in [0, 0.05) is 28.6 Å². The summed E-state index contributed by atoms with van der Waals surface area (Å²) in [5, 5.41) is 3.75. The maximum absolute atomic E-state index is 11.4. The van der Waals surface area contributed by atoms with E-state index >= 15 is 0 Å². The van der Waals surface area contributed by atoms with Crippen molar-refractivity contribution in [1.82, 2.24) is 0 Å². The Bertz CT molecular complexity index is 482. The average molecular weight is 243 g/mol. The van der Waals surface area contributed by atoms with E-state index in [1.54, 1.807) is 23.9 Å². The van der Waals surface area contributed by atoms with Crippen molar-refractivity contribution in [3.63, 3.8) is 0 Å². The molecule has 1 heterocycles. The molecule has 0 fully saturated rings. The summed E-state index contributed by atoms with van der Waals surface area (Å²) in [5.41, 5.74) is 1.03. The van der Waals surface area contributed by atoms with Crippen LogP contribution in [-0.4, -0.2) is 26.5 Å². The van der Waals surface area contributed by atoms with Gasteiger partial charge in [0.25, 0.3) is 0 Å². The fourth-order valence-electron chi connectivity index (χ4n) is 1.49. The molecule has 5 heteroatoms. The van der Waals surface area contributed by atoms with Crippen molar-refractivity contribution in [3.05, 3.63) is 18.2 Å². The smallest absolute Gasteiger partial charge is 0.175 e. The van der Waals surface area contributed by atoms with Crippen LogP contribution in [0.15, 0.2) is 28.0 Å². The Labute approximate surface area is 94.2 Å². The summed E-state index contributed by atoms with van der Waals surface area (Å²) < 4.78 is 22.7. The number of fused-ring (bicyclic) bond motifs is 1. The maximum Gasteiger partial charge on any atom is 0.175 e. The fraction of sp³-hybridized carbons (Fsp3) is 0.400. The average Bonchev–Trinajstić information content (AvgIpc) is 2.15. The standard InChI is InChI=1S/C10H13NO2S2/c1-7-6-11-9-4-3-8(15(2,12)13)5-10(9)14-7/h3-5,7,11H,6H2,1-2H3. The summed E-state index contributed by atoms with van der Waals surface area (Å²) in [6.45, 7) is 3.05. The maximum atomic E-state index is 11.4. The van der Waals surface area contributed by atoms with Crippen LogP contribution in [0.4, 0.5) is 5.69 Å². The molecule has 1 atom stereocenters. The molecule has 0 bridgehead atoms. The molecule has 0 amide bonds. The zero-order valence-corrected chi connectivity index (χ0v) is 10.3. The molecule has 1 aliphatic rings. The van der Waals surface area contributed by atoms with Crippen molar-refractivity contribution >= 4 is 27.3 Å². The number of thioether (sulfide) groups is 1. The highest BCUT2D eigenvalue weighted by atomic mass is 32.2. The van der Waals surface area contributed by atoms with E-state index in [4.69, 9.17) is 0 Å². The van der Waals surface area contributed by atoms with Crippen molar-refractivity contribution in [2.45, 2.75) is 22.0 Å². The van der Waals surface area contributed by atoms with Gasteiger partial charge in [0.05, 0.1) is 4.90 Å². The Hall–Kier alpha value is -0.680. The number of rotatable bonds is 1. The van der Waals surface area contributed by atoms with Crippen molar-refractivity contribution in [3.8, 4) is 0 Å². The molecule has 0 saturated carbocycles. The number of hydrogen-bond donors (Lipinski definition) is 1. The van der Waals surface area contributed by atoms with Gasteiger partial charge in [-0.05, 0) is 18.2 Å². The third kappa shape index (κ3) is 2.29. The van der Waals surface area contributed by atoms with Crippen LogP contribution < -0.4 is 5.32 Å². The Balaban J connectivity index is 2.46. The second-order valence-electron chi connectivity index (χ2n) is 3.74. The van der Waals surface area contributed by atoms with Gasteiger partial charge in [-0.25, -0.2) is 8.42 Å². The third-order valence-corrected chi connectivity index (χ3v) is 4.56. The first-order chi connectivity index (χ1) is 6.97. The number of sulfone groups is 1. The van der Waals surface area contributed by atoms with Crippen LogP contribution in [0.5, 0.6) is 0 Å². The van der Waals surface area contributed by atoms with Crippen LogP contribution in [0, 0.1) is 0 Å². The van der Waals surface area contributed by atoms with Crippen molar-refractivity contribution < 1.29 is 8.42 Å². The lowest BCUT2D eigenvalue weighted by Gasteiger charge is -2.23. The lowest BCUT2D eigenvalue weighted by molar-refractivity contribution is 0.601. The van der Waals surface area contributed by atoms with E-state index in [1.165, 1.54) is 6.26 Å². The van der Waals surface area contributed by atoms with E-state index in [1.807, 2.05) is 6.07 Å². The zero-order chi connectivity index (χ0) is 11.1. The van der Waals surface area contributed by atoms with Gasteiger partial charge >= 0.3 is 0 Å². The second-order valence-corrected chi connectivity index (χ2v) is 7.24. The minimum Gasteiger partial charge on any atom is -0.383 e. The Morgan fingerprint density at radius 2 is 2.20 bits per heavy atom. The van der Waals surface area contributed by atoms with E-state index in [2.05, 4.69) is 12.2 Å². The predicted octanol–water partition coefficient (Wildman–Crippen LogP) is 2.00. The van der Waals surface area contributed by atoms with Gasteiger partial charge in [-0.3, -0.25) is 0 Å². The normalized spacial score (nSPS) is 20.5. The second kappa shape index (κ2) is 3.72. The first kappa shape index (κ1) is 10.8. The minimum absolute atomic E-state index is 0.393. The minimum atomic E-state index is -3.09. The molecule has 0 radical (unpaired) electrons. The molecular weight excluding hydrogens is 230 g/mol. The number of hydrogen-bond acceptors (Lipinski definition) is 4. The van der Waals surface area contributed by atoms with Crippen molar-refractivity contribution in [1.29, 1.82) is 0 Å². The Morgan fingerprint density at radius 1 is 1.47 bits per heavy atom. The largest absolute Gasteiger partial charge is 0.383 e. The molecule has 1 aromatic carbocycles. The molecule has 3 nitrogen and oxygen atoms in total. The predicted molar refractivity (Wildman–Crippen MR) is 63.4 cm³/mol. The number of anilines is 1. The zero-order valence-electron chi connectivity index (χ0n) is 8.65. The van der Waals surface area contributed by atoms with E-state index in [9.17, 15) is 8.42 Å². The molecule has 15 heavy (non-hydrogen) atoms. The summed E-state index contributed by atoms with van der Waals surface area (Å²) in [7, 11) is -3.09. The SMILES string of the molecule is CC1CNc2ccc(S(C)(=O)=O)cc2S1. The topological polar surface area (TPSA) is 46.2 Å². The first-order valence-electron chi connectivity index (χ1n) is 4.71. The van der Waals surface area contributed by atoms with E-state index in [0.29, 0.717) is 10.1 Å². The van der Waals surface area contributed by atoms with Crippen LogP contribution in [0.25, 0.3) is 0 Å². The first-order valence-corrected chi connectivity index (χ1v) is 7.48. The van der Waals surface area contributed by atoms with Crippen LogP contribution in [-0.2, 0) is 9.84 Å². The molecule has 1 unspecified atom stereocenters.